The summed E-state index contributed by atoms with van der Waals surface area (Å²) in [4.78, 5) is 27.4. The number of ketones is 1. The van der Waals surface area contributed by atoms with Crippen molar-refractivity contribution in [2.75, 3.05) is 11.1 Å². The number of carbonyl (C=O) groups excluding carboxylic acids is 2. The molecule has 0 radical (unpaired) electrons. The van der Waals surface area contributed by atoms with Crippen LogP contribution in [0.1, 0.15) is 39.2 Å². The van der Waals surface area contributed by atoms with E-state index in [9.17, 15) is 9.59 Å². The van der Waals surface area contributed by atoms with Crippen LogP contribution in [0.5, 0.6) is 0 Å². The second-order valence-electron chi connectivity index (χ2n) is 3.89. The third-order valence-corrected chi connectivity index (χ3v) is 3.78. The van der Waals surface area contributed by atoms with Gasteiger partial charge in [-0.1, -0.05) is 12.1 Å². The van der Waals surface area contributed by atoms with E-state index in [2.05, 4.69) is 20.0 Å². The maximum Gasteiger partial charge on any atom is 0.253 e. The first-order valence-corrected chi connectivity index (χ1v) is 6.60. The SMILES string of the molecule is CCC(=O)c1sc(NCc2ncon2)c(C(N)=O)c1N. The monoisotopic (exact) mass is 295 g/mol. The van der Waals surface area contributed by atoms with Crippen molar-refractivity contribution in [1.29, 1.82) is 0 Å². The van der Waals surface area contributed by atoms with E-state index in [4.69, 9.17) is 11.5 Å². The normalized spacial score (nSPS) is 10.4. The van der Waals surface area contributed by atoms with Crippen LogP contribution in [0.2, 0.25) is 0 Å². The maximum atomic E-state index is 11.8. The first-order valence-electron chi connectivity index (χ1n) is 5.79. The number of aromatic nitrogens is 2. The van der Waals surface area contributed by atoms with Gasteiger partial charge in [-0.05, 0) is 0 Å². The van der Waals surface area contributed by atoms with E-state index in [1.807, 2.05) is 0 Å². The van der Waals surface area contributed by atoms with Gasteiger partial charge < -0.3 is 21.3 Å². The Labute approximate surface area is 118 Å². The fourth-order valence-corrected chi connectivity index (χ4v) is 2.74. The van der Waals surface area contributed by atoms with Gasteiger partial charge in [-0.2, -0.15) is 4.98 Å². The van der Waals surface area contributed by atoms with E-state index in [1.165, 1.54) is 6.39 Å². The molecule has 0 atom stereocenters. The Hall–Kier alpha value is -2.42. The zero-order valence-corrected chi connectivity index (χ0v) is 11.5. The molecule has 0 aliphatic heterocycles. The minimum absolute atomic E-state index is 0.116. The molecular formula is C11H13N5O3S. The minimum atomic E-state index is -0.690. The van der Waals surface area contributed by atoms with Crippen LogP contribution < -0.4 is 16.8 Å². The summed E-state index contributed by atoms with van der Waals surface area (Å²) in [7, 11) is 0. The summed E-state index contributed by atoms with van der Waals surface area (Å²) in [5, 5.41) is 6.99. The van der Waals surface area contributed by atoms with Crippen molar-refractivity contribution in [2.45, 2.75) is 19.9 Å². The van der Waals surface area contributed by atoms with Gasteiger partial charge in [0.2, 0.25) is 6.39 Å². The van der Waals surface area contributed by atoms with Crippen molar-refractivity contribution in [2.24, 2.45) is 5.73 Å². The fourth-order valence-electron chi connectivity index (χ4n) is 1.61. The van der Waals surface area contributed by atoms with Crippen LogP contribution in [0.4, 0.5) is 10.7 Å². The van der Waals surface area contributed by atoms with E-state index >= 15 is 0 Å². The molecule has 2 aromatic heterocycles. The molecule has 8 nitrogen and oxygen atoms in total. The molecule has 1 amide bonds. The predicted molar refractivity (Wildman–Crippen MR) is 73.5 cm³/mol. The lowest BCUT2D eigenvalue weighted by molar-refractivity contribution is 0.0991. The van der Waals surface area contributed by atoms with Gasteiger partial charge in [-0.3, -0.25) is 9.59 Å². The van der Waals surface area contributed by atoms with Crippen LogP contribution in [0.15, 0.2) is 10.9 Å². The molecule has 0 aliphatic rings. The van der Waals surface area contributed by atoms with E-state index in [-0.39, 0.29) is 23.6 Å². The van der Waals surface area contributed by atoms with Crippen LogP contribution in [0, 0.1) is 0 Å². The largest absolute Gasteiger partial charge is 0.397 e. The fraction of sp³-hybridized carbons (Fsp3) is 0.273. The first kappa shape index (κ1) is 14.0. The Morgan fingerprint density at radius 1 is 1.50 bits per heavy atom. The molecule has 0 fully saturated rings. The number of nitrogen functional groups attached to an aromatic ring is 1. The van der Waals surface area contributed by atoms with Crippen LogP contribution in [0.25, 0.3) is 0 Å². The number of nitrogens with one attached hydrogen (secondary N) is 1. The maximum absolute atomic E-state index is 11.8. The topological polar surface area (TPSA) is 137 Å². The number of anilines is 2. The van der Waals surface area contributed by atoms with Gasteiger partial charge in [0.05, 0.1) is 22.7 Å². The molecule has 9 heteroatoms. The highest BCUT2D eigenvalue weighted by molar-refractivity contribution is 7.19. The first-order chi connectivity index (χ1) is 9.54. The second kappa shape index (κ2) is 5.70. The highest BCUT2D eigenvalue weighted by Crippen LogP contribution is 2.36. The van der Waals surface area contributed by atoms with Gasteiger partial charge in [0.25, 0.3) is 5.91 Å². The van der Waals surface area contributed by atoms with Crippen LogP contribution in [0.3, 0.4) is 0 Å². The smallest absolute Gasteiger partial charge is 0.253 e. The second-order valence-corrected chi connectivity index (χ2v) is 4.91. The van der Waals surface area contributed by atoms with Crippen molar-refractivity contribution < 1.29 is 14.1 Å². The van der Waals surface area contributed by atoms with Crippen LogP contribution in [-0.2, 0) is 6.54 Å². The predicted octanol–water partition coefficient (Wildman–Crippen LogP) is 1.02. The van der Waals surface area contributed by atoms with Gasteiger partial charge in [0.1, 0.15) is 5.00 Å². The summed E-state index contributed by atoms with van der Waals surface area (Å²) in [5.41, 5.74) is 11.4. The van der Waals surface area contributed by atoms with Crippen LogP contribution in [-0.4, -0.2) is 21.8 Å². The third kappa shape index (κ3) is 2.62. The van der Waals surface area contributed by atoms with E-state index < -0.39 is 5.91 Å². The molecular weight excluding hydrogens is 282 g/mol. The molecule has 0 saturated heterocycles. The number of amides is 1. The molecule has 2 aromatic rings. The minimum Gasteiger partial charge on any atom is -0.397 e. The summed E-state index contributed by atoms with van der Waals surface area (Å²) in [5.74, 6) is -0.414. The molecule has 2 rings (SSSR count). The van der Waals surface area contributed by atoms with Gasteiger partial charge in [0, 0.05) is 6.42 Å². The van der Waals surface area contributed by atoms with Crippen molar-refractivity contribution in [3.8, 4) is 0 Å². The van der Waals surface area contributed by atoms with Crippen molar-refractivity contribution >= 4 is 33.7 Å². The Bertz CT molecular complexity index is 635. The number of nitrogens with zero attached hydrogens (tertiary/aromatic N) is 2. The van der Waals surface area contributed by atoms with Crippen molar-refractivity contribution in [3.05, 3.63) is 22.7 Å². The van der Waals surface area contributed by atoms with E-state index in [0.29, 0.717) is 22.1 Å². The lowest BCUT2D eigenvalue weighted by Crippen LogP contribution is -2.15. The molecule has 0 spiro atoms. The Morgan fingerprint density at radius 2 is 2.25 bits per heavy atom. The quantitative estimate of drug-likeness (QED) is 0.676. The number of hydrogen-bond acceptors (Lipinski definition) is 8. The van der Waals surface area contributed by atoms with E-state index in [1.54, 1.807) is 6.92 Å². The lowest BCUT2D eigenvalue weighted by atomic mass is 10.1. The summed E-state index contributed by atoms with van der Waals surface area (Å²) in [6, 6.07) is 0. The Balaban J connectivity index is 2.31. The van der Waals surface area contributed by atoms with Crippen molar-refractivity contribution in [3.63, 3.8) is 0 Å². The standard InChI is InChI=1S/C11H13N5O3S/c1-2-5(17)9-8(12)7(10(13)18)11(20-9)14-3-6-15-4-19-16-6/h4,14H,2-3,12H2,1H3,(H2,13,18). The number of nitrogens with two attached hydrogens (primary N) is 2. The van der Waals surface area contributed by atoms with Crippen molar-refractivity contribution in [1.82, 2.24) is 10.1 Å². The molecule has 0 aromatic carbocycles. The number of primary amides is 1. The molecule has 5 N–H and O–H groups in total. The highest BCUT2D eigenvalue weighted by Gasteiger charge is 2.23. The zero-order valence-electron chi connectivity index (χ0n) is 10.7. The average Bonchev–Trinajstić information content (AvgIpc) is 3.02. The molecule has 20 heavy (non-hydrogen) atoms. The van der Waals surface area contributed by atoms with Gasteiger partial charge in [-0.15, -0.1) is 11.3 Å². The zero-order chi connectivity index (χ0) is 14.7. The number of rotatable bonds is 6. The molecule has 0 bridgehead atoms. The number of carbonyl (C=O) groups is 2. The van der Waals surface area contributed by atoms with E-state index in [0.717, 1.165) is 11.3 Å². The Morgan fingerprint density at radius 3 is 2.80 bits per heavy atom. The number of hydrogen-bond donors (Lipinski definition) is 3. The summed E-state index contributed by atoms with van der Waals surface area (Å²) < 4.78 is 4.60. The molecule has 0 saturated carbocycles. The molecule has 0 aliphatic carbocycles. The number of thiophene rings is 1. The van der Waals surface area contributed by atoms with Gasteiger partial charge in [-0.25, -0.2) is 0 Å². The summed E-state index contributed by atoms with van der Waals surface area (Å²) in [6.45, 7) is 1.95. The molecule has 0 unspecified atom stereocenters. The summed E-state index contributed by atoms with van der Waals surface area (Å²) in [6.07, 6.45) is 1.49. The van der Waals surface area contributed by atoms with Gasteiger partial charge >= 0.3 is 0 Å². The summed E-state index contributed by atoms with van der Waals surface area (Å²) >= 11 is 1.10. The molecule has 2 heterocycles. The van der Waals surface area contributed by atoms with Crippen LogP contribution >= 0.6 is 11.3 Å². The average molecular weight is 295 g/mol. The molecule has 106 valence electrons. The van der Waals surface area contributed by atoms with Gasteiger partial charge in [0.15, 0.2) is 11.6 Å². The third-order valence-electron chi connectivity index (χ3n) is 2.58. The highest BCUT2D eigenvalue weighted by atomic mass is 32.1. The number of Topliss-reactive ketones (excluding diaryl/α,β-unsaturated/α-hetero) is 1. The Kier molecular flexibility index (Phi) is 3.99. The lowest BCUT2D eigenvalue weighted by Gasteiger charge is -2.02.